The number of aromatic nitrogens is 1. The number of hydrogen-bond acceptors (Lipinski definition) is 4. The summed E-state index contributed by atoms with van der Waals surface area (Å²) in [7, 11) is 0. The number of carbonyl (C=O) groups is 1. The monoisotopic (exact) mass is 274 g/mol. The van der Waals surface area contributed by atoms with Crippen LogP contribution in [0.4, 0.5) is 5.82 Å². The summed E-state index contributed by atoms with van der Waals surface area (Å²) >= 11 is 0. The molecule has 1 aliphatic carbocycles. The zero-order valence-electron chi connectivity index (χ0n) is 12.1. The molecule has 4 nitrogen and oxygen atoms in total. The molecule has 1 atom stereocenters. The third kappa shape index (κ3) is 2.65. The first-order valence-electron chi connectivity index (χ1n) is 7.68. The van der Waals surface area contributed by atoms with Crippen LogP contribution in [0, 0.1) is 5.92 Å². The third-order valence-electron chi connectivity index (χ3n) is 4.28. The Balaban J connectivity index is 1.72. The molecule has 0 aromatic carbocycles. The zero-order chi connectivity index (χ0) is 13.9. The smallest absolute Gasteiger partial charge is 0.310 e. The van der Waals surface area contributed by atoms with Crippen LogP contribution in [0.1, 0.15) is 37.4 Å². The van der Waals surface area contributed by atoms with Crippen LogP contribution in [0.2, 0.25) is 0 Å². The summed E-state index contributed by atoms with van der Waals surface area (Å²) in [6.45, 7) is 4.05. The van der Waals surface area contributed by atoms with Crippen molar-refractivity contribution >= 4 is 11.8 Å². The molecule has 2 aliphatic rings. The SMILES string of the molecule is CCOC(=O)C1CCCN(c2ccc3c(n2)CCC3)C1. The molecule has 1 fully saturated rings. The fraction of sp³-hybridized carbons (Fsp3) is 0.625. The summed E-state index contributed by atoms with van der Waals surface area (Å²) in [6, 6.07) is 4.32. The Labute approximate surface area is 120 Å². The van der Waals surface area contributed by atoms with Gasteiger partial charge >= 0.3 is 5.97 Å². The highest BCUT2D eigenvalue weighted by Gasteiger charge is 2.28. The summed E-state index contributed by atoms with van der Waals surface area (Å²) in [5, 5.41) is 0. The van der Waals surface area contributed by atoms with Crippen molar-refractivity contribution in [2.45, 2.75) is 39.0 Å². The van der Waals surface area contributed by atoms with Gasteiger partial charge in [0, 0.05) is 18.8 Å². The Morgan fingerprint density at radius 2 is 2.30 bits per heavy atom. The number of hydrogen-bond donors (Lipinski definition) is 0. The van der Waals surface area contributed by atoms with Crippen molar-refractivity contribution in [2.24, 2.45) is 5.92 Å². The molecule has 1 unspecified atom stereocenters. The van der Waals surface area contributed by atoms with Crippen LogP contribution in [0.3, 0.4) is 0 Å². The summed E-state index contributed by atoms with van der Waals surface area (Å²) in [5.41, 5.74) is 2.65. The van der Waals surface area contributed by atoms with Crippen molar-refractivity contribution in [3.8, 4) is 0 Å². The third-order valence-corrected chi connectivity index (χ3v) is 4.28. The highest BCUT2D eigenvalue weighted by atomic mass is 16.5. The van der Waals surface area contributed by atoms with Crippen molar-refractivity contribution in [3.63, 3.8) is 0 Å². The topological polar surface area (TPSA) is 42.4 Å². The van der Waals surface area contributed by atoms with Gasteiger partial charge in [0.2, 0.25) is 0 Å². The van der Waals surface area contributed by atoms with Crippen LogP contribution >= 0.6 is 0 Å². The minimum absolute atomic E-state index is 0.00115. The van der Waals surface area contributed by atoms with E-state index in [1.807, 2.05) is 6.92 Å². The van der Waals surface area contributed by atoms with Crippen LogP contribution in [0.5, 0.6) is 0 Å². The van der Waals surface area contributed by atoms with E-state index >= 15 is 0 Å². The van der Waals surface area contributed by atoms with Crippen LogP contribution in [0.15, 0.2) is 12.1 Å². The fourth-order valence-electron chi connectivity index (χ4n) is 3.22. The molecule has 0 bridgehead atoms. The normalized spacial score (nSPS) is 21.6. The van der Waals surface area contributed by atoms with Gasteiger partial charge in [0.25, 0.3) is 0 Å². The van der Waals surface area contributed by atoms with E-state index < -0.39 is 0 Å². The molecule has 2 heterocycles. The van der Waals surface area contributed by atoms with Gasteiger partial charge in [0.05, 0.1) is 12.5 Å². The number of anilines is 1. The second-order valence-corrected chi connectivity index (χ2v) is 5.67. The number of piperidine rings is 1. The Bertz CT molecular complexity index is 501. The van der Waals surface area contributed by atoms with E-state index in [4.69, 9.17) is 9.72 Å². The Morgan fingerprint density at radius 3 is 3.15 bits per heavy atom. The van der Waals surface area contributed by atoms with E-state index in [-0.39, 0.29) is 11.9 Å². The number of fused-ring (bicyclic) bond motifs is 1. The lowest BCUT2D eigenvalue weighted by Gasteiger charge is -2.32. The molecule has 20 heavy (non-hydrogen) atoms. The number of carbonyl (C=O) groups excluding carboxylic acids is 1. The largest absolute Gasteiger partial charge is 0.466 e. The van der Waals surface area contributed by atoms with Gasteiger partial charge < -0.3 is 9.64 Å². The highest BCUT2D eigenvalue weighted by Crippen LogP contribution is 2.26. The Hall–Kier alpha value is -1.58. The van der Waals surface area contributed by atoms with Crippen molar-refractivity contribution in [2.75, 3.05) is 24.6 Å². The van der Waals surface area contributed by atoms with E-state index in [1.54, 1.807) is 0 Å². The predicted octanol–water partition coefficient (Wildman–Crippen LogP) is 2.35. The quantitative estimate of drug-likeness (QED) is 0.794. The first-order chi connectivity index (χ1) is 9.78. The number of esters is 1. The van der Waals surface area contributed by atoms with Crippen molar-refractivity contribution < 1.29 is 9.53 Å². The fourth-order valence-corrected chi connectivity index (χ4v) is 3.22. The van der Waals surface area contributed by atoms with Crippen LogP contribution in [-0.2, 0) is 22.4 Å². The van der Waals surface area contributed by atoms with E-state index in [0.717, 1.165) is 44.6 Å². The van der Waals surface area contributed by atoms with Gasteiger partial charge in [-0.15, -0.1) is 0 Å². The Kier molecular flexibility index (Phi) is 3.90. The maximum atomic E-state index is 11.9. The molecule has 0 amide bonds. The maximum Gasteiger partial charge on any atom is 0.310 e. The molecule has 1 saturated heterocycles. The van der Waals surface area contributed by atoms with E-state index in [0.29, 0.717) is 6.61 Å². The van der Waals surface area contributed by atoms with Crippen molar-refractivity contribution in [1.82, 2.24) is 4.98 Å². The molecule has 0 N–H and O–H groups in total. The summed E-state index contributed by atoms with van der Waals surface area (Å²) in [4.78, 5) is 18.9. The predicted molar refractivity (Wildman–Crippen MR) is 77.8 cm³/mol. The molecule has 1 aliphatic heterocycles. The molecule has 0 spiro atoms. The molecule has 0 saturated carbocycles. The molecular formula is C16H22N2O2. The summed E-state index contributed by atoms with van der Waals surface area (Å²) < 4.78 is 5.15. The molecule has 1 aromatic heterocycles. The summed E-state index contributed by atoms with van der Waals surface area (Å²) in [5.74, 6) is 0.969. The second kappa shape index (κ2) is 5.81. The lowest BCUT2D eigenvalue weighted by molar-refractivity contribution is -0.148. The van der Waals surface area contributed by atoms with Crippen LogP contribution < -0.4 is 4.90 Å². The Morgan fingerprint density at radius 1 is 1.40 bits per heavy atom. The molecule has 1 aromatic rings. The van der Waals surface area contributed by atoms with Gasteiger partial charge in [-0.05, 0) is 50.7 Å². The first kappa shape index (κ1) is 13.4. The van der Waals surface area contributed by atoms with Crippen LogP contribution in [-0.4, -0.2) is 30.6 Å². The van der Waals surface area contributed by atoms with Crippen molar-refractivity contribution in [3.05, 3.63) is 23.4 Å². The van der Waals surface area contributed by atoms with E-state index in [1.165, 1.54) is 17.7 Å². The summed E-state index contributed by atoms with van der Waals surface area (Å²) in [6.07, 6.45) is 5.44. The van der Waals surface area contributed by atoms with Crippen LogP contribution in [0.25, 0.3) is 0 Å². The van der Waals surface area contributed by atoms with Gasteiger partial charge in [-0.3, -0.25) is 4.79 Å². The van der Waals surface area contributed by atoms with Gasteiger partial charge in [-0.25, -0.2) is 4.98 Å². The molecular weight excluding hydrogens is 252 g/mol. The average Bonchev–Trinajstić information content (AvgIpc) is 2.95. The molecule has 4 heteroatoms. The second-order valence-electron chi connectivity index (χ2n) is 5.67. The standard InChI is InChI=1S/C16H22N2O2/c1-2-20-16(19)13-6-4-10-18(11-13)15-9-8-12-5-3-7-14(12)17-15/h8-9,13H,2-7,10-11H2,1H3. The molecule has 0 radical (unpaired) electrons. The lowest BCUT2D eigenvalue weighted by Crippen LogP contribution is -2.39. The lowest BCUT2D eigenvalue weighted by atomic mass is 9.98. The number of aryl methyl sites for hydroxylation is 2. The number of nitrogens with zero attached hydrogens (tertiary/aromatic N) is 2. The number of pyridine rings is 1. The first-order valence-corrected chi connectivity index (χ1v) is 7.68. The average molecular weight is 274 g/mol. The minimum atomic E-state index is -0.0571. The van der Waals surface area contributed by atoms with Crippen molar-refractivity contribution in [1.29, 1.82) is 0 Å². The number of ether oxygens (including phenoxy) is 1. The maximum absolute atomic E-state index is 11.9. The zero-order valence-corrected chi connectivity index (χ0v) is 12.1. The van der Waals surface area contributed by atoms with Gasteiger partial charge in [0.1, 0.15) is 5.82 Å². The molecule has 108 valence electrons. The van der Waals surface area contributed by atoms with Gasteiger partial charge in [0.15, 0.2) is 0 Å². The van der Waals surface area contributed by atoms with E-state index in [9.17, 15) is 4.79 Å². The highest BCUT2D eigenvalue weighted by molar-refractivity contribution is 5.73. The molecule has 3 rings (SSSR count). The van der Waals surface area contributed by atoms with Gasteiger partial charge in [-0.1, -0.05) is 6.07 Å². The number of rotatable bonds is 3. The minimum Gasteiger partial charge on any atom is -0.466 e. The van der Waals surface area contributed by atoms with E-state index in [2.05, 4.69) is 17.0 Å². The van der Waals surface area contributed by atoms with Gasteiger partial charge in [-0.2, -0.15) is 0 Å².